The average molecular weight is 558 g/mol. The lowest BCUT2D eigenvalue weighted by atomic mass is 10.0. The van der Waals surface area contributed by atoms with E-state index in [1.54, 1.807) is 23.1 Å². The molecular formula is C30H34Cl2N2O2S. The molecule has 0 radical (unpaired) electrons. The number of benzene rings is 3. The molecule has 0 unspecified atom stereocenters. The van der Waals surface area contributed by atoms with E-state index in [0.29, 0.717) is 41.2 Å². The number of thioether (sulfide) groups is 1. The Bertz CT molecular complexity index is 1150. The van der Waals surface area contributed by atoms with Gasteiger partial charge in [0.2, 0.25) is 11.8 Å². The third kappa shape index (κ3) is 9.10. The maximum absolute atomic E-state index is 13.7. The van der Waals surface area contributed by atoms with Crippen molar-refractivity contribution in [2.45, 2.75) is 45.5 Å². The summed E-state index contributed by atoms with van der Waals surface area (Å²) in [7, 11) is 0. The normalized spacial score (nSPS) is 11.8. The lowest BCUT2D eigenvalue weighted by molar-refractivity contribution is -0.139. The number of amides is 2. The Balaban J connectivity index is 1.85. The number of nitrogens with one attached hydrogen (secondary N) is 1. The van der Waals surface area contributed by atoms with Gasteiger partial charge in [0, 0.05) is 35.3 Å². The topological polar surface area (TPSA) is 49.4 Å². The van der Waals surface area contributed by atoms with Gasteiger partial charge in [-0.2, -0.15) is 0 Å². The molecule has 3 rings (SSSR count). The lowest BCUT2D eigenvalue weighted by Crippen LogP contribution is -2.51. The Kier molecular flexibility index (Phi) is 11.4. The monoisotopic (exact) mass is 556 g/mol. The first-order valence-corrected chi connectivity index (χ1v) is 14.3. The van der Waals surface area contributed by atoms with E-state index in [9.17, 15) is 9.59 Å². The molecule has 0 spiro atoms. The summed E-state index contributed by atoms with van der Waals surface area (Å²) in [5, 5.41) is 4.22. The summed E-state index contributed by atoms with van der Waals surface area (Å²) in [6, 6.07) is 22.7. The number of rotatable bonds is 12. The van der Waals surface area contributed by atoms with Crippen LogP contribution in [0, 0.1) is 12.8 Å². The Morgan fingerprint density at radius 3 is 2.16 bits per heavy atom. The van der Waals surface area contributed by atoms with Crippen molar-refractivity contribution in [3.8, 4) is 0 Å². The number of aryl methyl sites for hydroxylation is 1. The van der Waals surface area contributed by atoms with Crippen LogP contribution in [-0.2, 0) is 28.3 Å². The van der Waals surface area contributed by atoms with Gasteiger partial charge in [0.15, 0.2) is 0 Å². The van der Waals surface area contributed by atoms with E-state index in [2.05, 4.69) is 19.2 Å². The van der Waals surface area contributed by atoms with Crippen LogP contribution in [0.5, 0.6) is 0 Å². The highest BCUT2D eigenvalue weighted by molar-refractivity contribution is 7.99. The number of halogens is 2. The van der Waals surface area contributed by atoms with Gasteiger partial charge in [-0.3, -0.25) is 9.59 Å². The Hall–Kier alpha value is -2.47. The van der Waals surface area contributed by atoms with Gasteiger partial charge in [-0.05, 0) is 41.7 Å². The Labute approximate surface area is 234 Å². The van der Waals surface area contributed by atoms with E-state index >= 15 is 0 Å². The molecule has 37 heavy (non-hydrogen) atoms. The van der Waals surface area contributed by atoms with Crippen LogP contribution in [0.25, 0.3) is 0 Å². The smallest absolute Gasteiger partial charge is 0.243 e. The molecule has 1 atom stereocenters. The van der Waals surface area contributed by atoms with Crippen molar-refractivity contribution in [2.75, 3.05) is 12.3 Å². The van der Waals surface area contributed by atoms with Gasteiger partial charge in [0.05, 0.1) is 5.75 Å². The molecule has 2 amide bonds. The minimum atomic E-state index is -0.639. The highest BCUT2D eigenvalue weighted by Crippen LogP contribution is 2.28. The summed E-state index contributed by atoms with van der Waals surface area (Å²) in [5.41, 5.74) is 3.94. The zero-order valence-corrected chi connectivity index (χ0v) is 23.9. The third-order valence-corrected chi connectivity index (χ3v) is 7.61. The second-order valence-electron chi connectivity index (χ2n) is 9.54. The van der Waals surface area contributed by atoms with E-state index in [1.165, 1.54) is 11.8 Å². The van der Waals surface area contributed by atoms with E-state index in [-0.39, 0.29) is 17.6 Å². The number of hydrogen-bond acceptors (Lipinski definition) is 3. The molecule has 0 aliphatic rings. The minimum absolute atomic E-state index is 0.102. The van der Waals surface area contributed by atoms with Gasteiger partial charge in [-0.25, -0.2) is 0 Å². The summed E-state index contributed by atoms with van der Waals surface area (Å²) in [6.07, 6.45) is 0.434. The quantitative estimate of drug-likeness (QED) is 0.262. The highest BCUT2D eigenvalue weighted by atomic mass is 35.5. The van der Waals surface area contributed by atoms with Crippen molar-refractivity contribution in [1.29, 1.82) is 0 Å². The maximum atomic E-state index is 13.7. The van der Waals surface area contributed by atoms with Crippen molar-refractivity contribution >= 4 is 46.8 Å². The number of hydrogen-bond donors (Lipinski definition) is 1. The molecule has 0 aliphatic carbocycles. The molecule has 0 aromatic heterocycles. The Morgan fingerprint density at radius 1 is 0.892 bits per heavy atom. The molecule has 0 bridgehead atoms. The lowest BCUT2D eigenvalue weighted by Gasteiger charge is -2.32. The molecule has 196 valence electrons. The van der Waals surface area contributed by atoms with Crippen molar-refractivity contribution < 1.29 is 9.59 Å². The largest absolute Gasteiger partial charge is 0.354 e. The second kappa shape index (κ2) is 14.5. The van der Waals surface area contributed by atoms with Crippen LogP contribution in [0.4, 0.5) is 0 Å². The standard InChI is InChI=1S/C30H34Cl2N2O2S/c1-21(2)17-33-30(36)28(16-23-8-5-4-6-9-23)34(18-24-14-12-22(3)13-15-24)29(35)20-37-19-25-26(31)10-7-11-27(25)32/h4-15,21,28H,16-20H2,1-3H3,(H,33,36)/t28-/m0/s1. The van der Waals surface area contributed by atoms with Crippen molar-refractivity contribution in [3.05, 3.63) is 105 Å². The van der Waals surface area contributed by atoms with Crippen molar-refractivity contribution in [2.24, 2.45) is 5.92 Å². The fourth-order valence-electron chi connectivity index (χ4n) is 3.86. The highest BCUT2D eigenvalue weighted by Gasteiger charge is 2.30. The zero-order chi connectivity index (χ0) is 26.8. The summed E-state index contributed by atoms with van der Waals surface area (Å²) in [5.74, 6) is 0.770. The van der Waals surface area contributed by atoms with E-state index < -0.39 is 6.04 Å². The first kappa shape index (κ1) is 29.1. The molecule has 0 heterocycles. The van der Waals surface area contributed by atoms with E-state index in [0.717, 1.165) is 22.3 Å². The van der Waals surface area contributed by atoms with Gasteiger partial charge in [-0.1, -0.05) is 103 Å². The average Bonchev–Trinajstić information content (AvgIpc) is 2.88. The van der Waals surface area contributed by atoms with Crippen LogP contribution in [0.15, 0.2) is 72.8 Å². The molecule has 3 aromatic rings. The molecule has 7 heteroatoms. The molecule has 0 fully saturated rings. The van der Waals surface area contributed by atoms with Crippen LogP contribution < -0.4 is 5.32 Å². The summed E-state index contributed by atoms with van der Waals surface area (Å²) in [4.78, 5) is 28.9. The molecular weight excluding hydrogens is 523 g/mol. The van der Waals surface area contributed by atoms with Gasteiger partial charge >= 0.3 is 0 Å². The third-order valence-electron chi connectivity index (χ3n) is 5.96. The first-order chi connectivity index (χ1) is 17.7. The van der Waals surface area contributed by atoms with Crippen molar-refractivity contribution in [3.63, 3.8) is 0 Å². The van der Waals surface area contributed by atoms with E-state index in [4.69, 9.17) is 23.2 Å². The summed E-state index contributed by atoms with van der Waals surface area (Å²) >= 11 is 14.1. The summed E-state index contributed by atoms with van der Waals surface area (Å²) in [6.45, 7) is 7.03. The van der Waals surface area contributed by atoms with Gasteiger partial charge in [0.1, 0.15) is 6.04 Å². The molecule has 4 nitrogen and oxygen atoms in total. The predicted molar refractivity (Wildman–Crippen MR) is 156 cm³/mol. The SMILES string of the molecule is Cc1ccc(CN(C(=O)CSCc2c(Cl)cccc2Cl)[C@@H](Cc2ccccc2)C(=O)NCC(C)C)cc1. The number of nitrogens with zero attached hydrogens (tertiary/aromatic N) is 1. The fourth-order valence-corrected chi connectivity index (χ4v) is 5.51. The second-order valence-corrected chi connectivity index (χ2v) is 11.3. The zero-order valence-electron chi connectivity index (χ0n) is 21.5. The van der Waals surface area contributed by atoms with Crippen LogP contribution in [0.1, 0.15) is 36.1 Å². The Morgan fingerprint density at radius 2 is 1.54 bits per heavy atom. The van der Waals surface area contributed by atoms with Crippen LogP contribution in [0.3, 0.4) is 0 Å². The first-order valence-electron chi connectivity index (χ1n) is 12.4. The van der Waals surface area contributed by atoms with Crippen molar-refractivity contribution in [1.82, 2.24) is 10.2 Å². The molecule has 0 aliphatic heterocycles. The number of carbonyl (C=O) groups excluding carboxylic acids is 2. The molecule has 0 saturated carbocycles. The van der Waals surface area contributed by atoms with Crippen LogP contribution in [-0.4, -0.2) is 35.1 Å². The summed E-state index contributed by atoms with van der Waals surface area (Å²) < 4.78 is 0. The molecule has 3 aromatic carbocycles. The molecule has 0 saturated heterocycles. The van der Waals surface area contributed by atoms with Crippen LogP contribution in [0.2, 0.25) is 10.0 Å². The minimum Gasteiger partial charge on any atom is -0.354 e. The van der Waals surface area contributed by atoms with E-state index in [1.807, 2.05) is 61.5 Å². The maximum Gasteiger partial charge on any atom is 0.243 e. The van der Waals surface area contributed by atoms with Crippen LogP contribution >= 0.6 is 35.0 Å². The molecule has 1 N–H and O–H groups in total. The van der Waals surface area contributed by atoms with Gasteiger partial charge < -0.3 is 10.2 Å². The number of carbonyl (C=O) groups is 2. The van der Waals surface area contributed by atoms with Gasteiger partial charge in [0.25, 0.3) is 0 Å². The fraction of sp³-hybridized carbons (Fsp3) is 0.333. The van der Waals surface area contributed by atoms with Gasteiger partial charge in [-0.15, -0.1) is 11.8 Å². The predicted octanol–water partition coefficient (Wildman–Crippen LogP) is 6.95.